The molecule has 2 amide bonds. The van der Waals surface area contributed by atoms with Crippen molar-refractivity contribution in [1.82, 2.24) is 4.90 Å². The largest absolute Gasteiger partial charge is 0.481 e. The molecule has 0 saturated carbocycles. The molecule has 1 aromatic carbocycles. The second kappa shape index (κ2) is 6.39. The SMILES string of the molecule is CC(CC(=O)O)C(=O)N1C(=O)OC[C@H]1Cc1ccccc1. The molecule has 1 heterocycles. The van der Waals surface area contributed by atoms with Crippen molar-refractivity contribution in [3.05, 3.63) is 35.9 Å². The molecule has 2 atom stereocenters. The van der Waals surface area contributed by atoms with Gasteiger partial charge in [0.2, 0.25) is 5.91 Å². The minimum absolute atomic E-state index is 0.138. The van der Waals surface area contributed by atoms with Crippen LogP contribution in [0.25, 0.3) is 0 Å². The third-order valence-corrected chi connectivity index (χ3v) is 3.42. The van der Waals surface area contributed by atoms with Gasteiger partial charge in [-0.05, 0) is 12.0 Å². The van der Waals surface area contributed by atoms with E-state index >= 15 is 0 Å². The molecule has 0 spiro atoms. The minimum atomic E-state index is -1.07. The van der Waals surface area contributed by atoms with Crippen molar-refractivity contribution in [2.45, 2.75) is 25.8 Å². The van der Waals surface area contributed by atoms with Crippen molar-refractivity contribution >= 4 is 18.0 Å². The molecule has 6 heteroatoms. The van der Waals surface area contributed by atoms with Gasteiger partial charge in [0.25, 0.3) is 0 Å². The summed E-state index contributed by atoms with van der Waals surface area (Å²) in [6, 6.07) is 9.08. The van der Waals surface area contributed by atoms with Crippen molar-refractivity contribution in [1.29, 1.82) is 0 Å². The van der Waals surface area contributed by atoms with Crippen LogP contribution in [0, 0.1) is 5.92 Å². The molecule has 0 radical (unpaired) electrons. The highest BCUT2D eigenvalue weighted by Crippen LogP contribution is 2.21. The lowest BCUT2D eigenvalue weighted by Gasteiger charge is -2.22. The smallest absolute Gasteiger partial charge is 0.416 e. The van der Waals surface area contributed by atoms with Crippen molar-refractivity contribution in [2.24, 2.45) is 5.92 Å². The Morgan fingerprint density at radius 1 is 1.38 bits per heavy atom. The van der Waals surface area contributed by atoms with Crippen LogP contribution in [0.5, 0.6) is 0 Å². The molecule has 6 nitrogen and oxygen atoms in total. The number of cyclic esters (lactones) is 1. The lowest BCUT2D eigenvalue weighted by molar-refractivity contribution is -0.143. The Bertz CT molecular complexity index is 542. The third kappa shape index (κ3) is 3.59. The highest BCUT2D eigenvalue weighted by molar-refractivity contribution is 5.95. The quantitative estimate of drug-likeness (QED) is 0.892. The summed E-state index contributed by atoms with van der Waals surface area (Å²) in [4.78, 5) is 35.7. The first kappa shape index (κ1) is 15.0. The average Bonchev–Trinajstić information content (AvgIpc) is 2.79. The van der Waals surface area contributed by atoms with E-state index in [4.69, 9.17) is 9.84 Å². The predicted molar refractivity (Wildman–Crippen MR) is 73.5 cm³/mol. The second-order valence-corrected chi connectivity index (χ2v) is 5.13. The normalized spacial score (nSPS) is 19.2. The maximum absolute atomic E-state index is 12.3. The fourth-order valence-electron chi connectivity index (χ4n) is 2.35. The summed E-state index contributed by atoms with van der Waals surface area (Å²) < 4.78 is 4.95. The van der Waals surface area contributed by atoms with Crippen LogP contribution in [0.4, 0.5) is 4.79 Å². The van der Waals surface area contributed by atoms with Gasteiger partial charge in [0, 0.05) is 5.92 Å². The van der Waals surface area contributed by atoms with Gasteiger partial charge in [0.15, 0.2) is 0 Å². The number of ether oxygens (including phenoxy) is 1. The Kier molecular flexibility index (Phi) is 4.57. The Balaban J connectivity index is 2.09. The van der Waals surface area contributed by atoms with E-state index in [1.165, 1.54) is 6.92 Å². The summed E-state index contributed by atoms with van der Waals surface area (Å²) in [5.41, 5.74) is 0.990. The molecular weight excluding hydrogens is 274 g/mol. The summed E-state index contributed by atoms with van der Waals surface area (Å²) in [5.74, 6) is -2.32. The Morgan fingerprint density at radius 3 is 2.67 bits per heavy atom. The van der Waals surface area contributed by atoms with Crippen LogP contribution in [0.15, 0.2) is 30.3 Å². The molecule has 112 valence electrons. The molecule has 1 aliphatic rings. The maximum Gasteiger partial charge on any atom is 0.416 e. The number of imide groups is 1. The standard InChI is InChI=1S/C15H17NO5/c1-10(7-13(17)18)14(19)16-12(9-21-15(16)20)8-11-5-3-2-4-6-11/h2-6,10,12H,7-9H2,1H3,(H,17,18)/t10?,12-/m1/s1. The Morgan fingerprint density at radius 2 is 2.05 bits per heavy atom. The molecule has 1 aromatic rings. The number of carbonyl (C=O) groups is 3. The van der Waals surface area contributed by atoms with Gasteiger partial charge >= 0.3 is 12.1 Å². The van der Waals surface area contributed by atoms with E-state index in [-0.39, 0.29) is 19.1 Å². The molecule has 0 aromatic heterocycles. The Labute approximate surface area is 122 Å². The van der Waals surface area contributed by atoms with Crippen LogP contribution in [-0.2, 0) is 20.7 Å². The summed E-state index contributed by atoms with van der Waals surface area (Å²) in [5, 5.41) is 8.76. The van der Waals surface area contributed by atoms with Gasteiger partial charge < -0.3 is 9.84 Å². The van der Waals surface area contributed by atoms with Gasteiger partial charge in [-0.25, -0.2) is 9.69 Å². The number of benzene rings is 1. The van der Waals surface area contributed by atoms with E-state index in [1.54, 1.807) is 0 Å². The molecule has 0 aliphatic carbocycles. The van der Waals surface area contributed by atoms with Crippen molar-refractivity contribution in [2.75, 3.05) is 6.61 Å². The highest BCUT2D eigenvalue weighted by atomic mass is 16.6. The minimum Gasteiger partial charge on any atom is -0.481 e. The van der Waals surface area contributed by atoms with Gasteiger partial charge in [-0.1, -0.05) is 37.3 Å². The topological polar surface area (TPSA) is 83.9 Å². The van der Waals surface area contributed by atoms with Crippen LogP contribution < -0.4 is 0 Å². The number of amides is 2. The van der Waals surface area contributed by atoms with Crippen LogP contribution in [0.3, 0.4) is 0 Å². The number of hydrogen-bond donors (Lipinski definition) is 1. The molecule has 1 unspecified atom stereocenters. The van der Waals surface area contributed by atoms with Crippen molar-refractivity contribution < 1.29 is 24.2 Å². The molecule has 1 fully saturated rings. The summed E-state index contributed by atoms with van der Waals surface area (Å²) in [6.45, 7) is 1.64. The van der Waals surface area contributed by atoms with Gasteiger partial charge in [0.05, 0.1) is 12.5 Å². The van der Waals surface area contributed by atoms with Crippen molar-refractivity contribution in [3.63, 3.8) is 0 Å². The number of carbonyl (C=O) groups excluding carboxylic acids is 2. The lowest BCUT2D eigenvalue weighted by atomic mass is 10.0. The summed E-state index contributed by atoms with van der Waals surface area (Å²) >= 11 is 0. The zero-order chi connectivity index (χ0) is 15.4. The number of hydrogen-bond acceptors (Lipinski definition) is 4. The first-order valence-electron chi connectivity index (χ1n) is 6.74. The molecule has 0 bridgehead atoms. The van der Waals surface area contributed by atoms with Gasteiger partial charge in [-0.3, -0.25) is 9.59 Å². The van der Waals surface area contributed by atoms with Crippen LogP contribution in [0.1, 0.15) is 18.9 Å². The van der Waals surface area contributed by atoms with Crippen molar-refractivity contribution in [3.8, 4) is 0 Å². The third-order valence-electron chi connectivity index (χ3n) is 3.42. The summed E-state index contributed by atoms with van der Waals surface area (Å²) in [7, 11) is 0. The number of aliphatic carboxylic acids is 1. The zero-order valence-corrected chi connectivity index (χ0v) is 11.7. The lowest BCUT2D eigenvalue weighted by Crippen LogP contribution is -2.43. The van der Waals surface area contributed by atoms with E-state index < -0.39 is 23.9 Å². The van der Waals surface area contributed by atoms with E-state index in [0.29, 0.717) is 6.42 Å². The van der Waals surface area contributed by atoms with Gasteiger partial charge in [-0.15, -0.1) is 0 Å². The van der Waals surface area contributed by atoms with E-state index in [9.17, 15) is 14.4 Å². The van der Waals surface area contributed by atoms with Gasteiger partial charge in [0.1, 0.15) is 6.61 Å². The number of carboxylic acids is 1. The van der Waals surface area contributed by atoms with E-state index in [1.807, 2.05) is 30.3 Å². The predicted octanol–water partition coefficient (Wildman–Crippen LogP) is 1.69. The fourth-order valence-corrected chi connectivity index (χ4v) is 2.35. The monoisotopic (exact) mass is 291 g/mol. The van der Waals surface area contributed by atoms with Crippen LogP contribution >= 0.6 is 0 Å². The second-order valence-electron chi connectivity index (χ2n) is 5.13. The number of nitrogens with zero attached hydrogens (tertiary/aromatic N) is 1. The number of rotatable bonds is 5. The molecular formula is C15H17NO5. The fraction of sp³-hybridized carbons (Fsp3) is 0.400. The van der Waals surface area contributed by atoms with Crippen LogP contribution in [-0.4, -0.2) is 40.6 Å². The molecule has 21 heavy (non-hydrogen) atoms. The molecule has 1 aliphatic heterocycles. The maximum atomic E-state index is 12.3. The van der Waals surface area contributed by atoms with Crippen LogP contribution in [0.2, 0.25) is 0 Å². The highest BCUT2D eigenvalue weighted by Gasteiger charge is 2.39. The van der Waals surface area contributed by atoms with Gasteiger partial charge in [-0.2, -0.15) is 0 Å². The summed E-state index contributed by atoms with van der Waals surface area (Å²) in [6.07, 6.45) is -0.503. The number of carboxylic acid groups (broad SMARTS) is 1. The molecule has 2 rings (SSSR count). The average molecular weight is 291 g/mol. The zero-order valence-electron chi connectivity index (χ0n) is 11.7. The molecule has 1 N–H and O–H groups in total. The first-order chi connectivity index (χ1) is 9.99. The Hall–Kier alpha value is -2.37. The van der Waals surface area contributed by atoms with E-state index in [2.05, 4.69) is 0 Å². The first-order valence-corrected chi connectivity index (χ1v) is 6.74. The van der Waals surface area contributed by atoms with E-state index in [0.717, 1.165) is 10.5 Å². The molecule has 1 saturated heterocycles.